The number of thiocarbonyl (C=S) groups is 1. The van der Waals surface area contributed by atoms with Gasteiger partial charge >= 0.3 is 6.18 Å². The number of nitrogens with zero attached hydrogens (tertiary/aromatic N) is 1. The minimum atomic E-state index is -4.88. The van der Waals surface area contributed by atoms with Crippen LogP contribution in [0.2, 0.25) is 0 Å². The van der Waals surface area contributed by atoms with E-state index in [4.69, 9.17) is 12.2 Å². The summed E-state index contributed by atoms with van der Waals surface area (Å²) < 4.78 is 38.8. The summed E-state index contributed by atoms with van der Waals surface area (Å²) in [5.41, 5.74) is -1.86. The lowest BCUT2D eigenvalue weighted by Crippen LogP contribution is -2.18. The zero-order valence-corrected chi connectivity index (χ0v) is 14.7. The van der Waals surface area contributed by atoms with Crippen LogP contribution in [0.1, 0.15) is 16.7 Å². The van der Waals surface area contributed by atoms with Crippen molar-refractivity contribution in [1.82, 2.24) is 5.32 Å². The van der Waals surface area contributed by atoms with Crippen LogP contribution >= 0.6 is 12.2 Å². The Morgan fingerprint density at radius 2 is 1.68 bits per heavy atom. The molecule has 0 amide bonds. The SMILES string of the molecule is O=Nc1cc(/C=C/C(=S)NCc2cc(O)c(O)c(O)c2)cc(C(F)(F)F)c1O. The first-order chi connectivity index (χ1) is 13.0. The number of hydrogen-bond donors (Lipinski definition) is 5. The van der Waals surface area contributed by atoms with Gasteiger partial charge in [-0.3, -0.25) is 0 Å². The predicted octanol–water partition coefficient (Wildman–Crippen LogP) is 4.06. The molecule has 0 radical (unpaired) electrons. The molecule has 0 bridgehead atoms. The third kappa shape index (κ3) is 4.88. The molecule has 2 aromatic carbocycles. The predicted molar refractivity (Wildman–Crippen MR) is 98.5 cm³/mol. The highest BCUT2D eigenvalue weighted by Crippen LogP contribution is 2.42. The fourth-order valence-corrected chi connectivity index (χ4v) is 2.35. The summed E-state index contributed by atoms with van der Waals surface area (Å²) in [6, 6.07) is 3.98. The van der Waals surface area contributed by atoms with E-state index < -0.39 is 40.4 Å². The maximum Gasteiger partial charge on any atom is 0.420 e. The number of hydrogen-bond acceptors (Lipinski definition) is 7. The standard InChI is InChI=1S/C17H13F3N2O5S/c18-17(19,20)10-3-8(4-11(22-27)15(10)25)1-2-14(28)21-7-9-5-12(23)16(26)13(24)6-9/h1-6,23-26H,7H2,(H,21,28)/b2-1+. The number of phenolic OH excluding ortho intramolecular Hbond substituents is 4. The largest absolute Gasteiger partial charge is 0.505 e. The topological polar surface area (TPSA) is 122 Å². The van der Waals surface area contributed by atoms with E-state index in [1.807, 2.05) is 0 Å². The minimum Gasteiger partial charge on any atom is -0.505 e. The number of halogens is 3. The number of nitroso groups, excluding NO2 is 1. The Labute approximate surface area is 161 Å². The summed E-state index contributed by atoms with van der Waals surface area (Å²) in [6.07, 6.45) is -2.45. The van der Waals surface area contributed by atoms with Crippen LogP contribution < -0.4 is 5.32 Å². The normalized spacial score (nSPS) is 11.5. The van der Waals surface area contributed by atoms with Gasteiger partial charge < -0.3 is 25.7 Å². The van der Waals surface area contributed by atoms with Crippen molar-refractivity contribution in [3.05, 3.63) is 51.9 Å². The zero-order chi connectivity index (χ0) is 21.1. The summed E-state index contributed by atoms with van der Waals surface area (Å²) in [5, 5.41) is 42.7. The third-order valence-corrected chi connectivity index (χ3v) is 3.82. The molecule has 0 aromatic heterocycles. The lowest BCUT2D eigenvalue weighted by atomic mass is 10.1. The Balaban J connectivity index is 2.15. The van der Waals surface area contributed by atoms with Gasteiger partial charge in [0, 0.05) is 6.54 Å². The van der Waals surface area contributed by atoms with Gasteiger partial charge in [-0.05, 0) is 46.6 Å². The van der Waals surface area contributed by atoms with Crippen LogP contribution in [-0.2, 0) is 12.7 Å². The van der Waals surface area contributed by atoms with Gasteiger partial charge in [-0.15, -0.1) is 4.91 Å². The summed E-state index contributed by atoms with van der Waals surface area (Å²) in [5.74, 6) is -2.99. The highest BCUT2D eigenvalue weighted by atomic mass is 32.1. The molecule has 28 heavy (non-hydrogen) atoms. The van der Waals surface area contributed by atoms with Crippen molar-refractivity contribution >= 4 is 29.0 Å². The Hall–Kier alpha value is -3.34. The van der Waals surface area contributed by atoms with Crippen molar-refractivity contribution in [2.75, 3.05) is 0 Å². The Kier molecular flexibility index (Phi) is 6.09. The number of nitrogens with one attached hydrogen (secondary N) is 1. The first-order valence-corrected chi connectivity index (χ1v) is 7.91. The minimum absolute atomic E-state index is 0.0368. The maximum absolute atomic E-state index is 12.9. The number of phenols is 4. The van der Waals surface area contributed by atoms with Gasteiger partial charge in [0.1, 0.15) is 5.56 Å². The molecule has 0 unspecified atom stereocenters. The van der Waals surface area contributed by atoms with E-state index in [2.05, 4.69) is 10.5 Å². The van der Waals surface area contributed by atoms with Gasteiger partial charge in [-0.2, -0.15) is 13.2 Å². The molecule has 0 fully saturated rings. The third-order valence-electron chi connectivity index (χ3n) is 3.54. The molecule has 0 aliphatic rings. The average molecular weight is 414 g/mol. The van der Waals surface area contributed by atoms with Gasteiger partial charge in [0.2, 0.25) is 0 Å². The van der Waals surface area contributed by atoms with Crippen molar-refractivity contribution < 1.29 is 33.6 Å². The number of benzene rings is 2. The summed E-state index contributed by atoms with van der Waals surface area (Å²) in [6.45, 7) is 0.0368. The van der Waals surface area contributed by atoms with Crippen molar-refractivity contribution in [3.63, 3.8) is 0 Å². The quantitative estimate of drug-likeness (QED) is 0.216. The number of alkyl halides is 3. The zero-order valence-electron chi connectivity index (χ0n) is 13.9. The number of aromatic hydroxyl groups is 4. The van der Waals surface area contributed by atoms with E-state index in [0.717, 1.165) is 6.07 Å². The van der Waals surface area contributed by atoms with Crippen LogP contribution in [0.25, 0.3) is 6.08 Å². The number of rotatable bonds is 5. The smallest absolute Gasteiger partial charge is 0.420 e. The molecular weight excluding hydrogens is 401 g/mol. The fraction of sp³-hybridized carbons (Fsp3) is 0.118. The lowest BCUT2D eigenvalue weighted by molar-refractivity contribution is -0.138. The van der Waals surface area contributed by atoms with Gasteiger partial charge in [-0.25, -0.2) is 0 Å². The molecule has 5 N–H and O–H groups in total. The maximum atomic E-state index is 12.9. The Morgan fingerprint density at radius 3 is 2.21 bits per heavy atom. The van der Waals surface area contributed by atoms with Crippen molar-refractivity contribution in [2.45, 2.75) is 12.7 Å². The van der Waals surface area contributed by atoms with Gasteiger partial charge in [-0.1, -0.05) is 18.3 Å². The van der Waals surface area contributed by atoms with E-state index in [1.165, 1.54) is 24.3 Å². The summed E-state index contributed by atoms with van der Waals surface area (Å²) in [4.78, 5) is 10.7. The molecule has 2 rings (SSSR count). The van der Waals surface area contributed by atoms with Gasteiger partial charge in [0.15, 0.2) is 28.7 Å². The highest BCUT2D eigenvalue weighted by molar-refractivity contribution is 7.80. The molecular formula is C17H13F3N2O5S. The monoisotopic (exact) mass is 414 g/mol. The second-order valence-electron chi connectivity index (χ2n) is 5.56. The van der Waals surface area contributed by atoms with Crippen LogP contribution in [-0.4, -0.2) is 25.4 Å². The fourth-order valence-electron chi connectivity index (χ4n) is 2.21. The van der Waals surface area contributed by atoms with Crippen LogP contribution in [0, 0.1) is 4.91 Å². The van der Waals surface area contributed by atoms with Crippen molar-refractivity contribution in [2.24, 2.45) is 5.18 Å². The molecule has 0 heterocycles. The van der Waals surface area contributed by atoms with E-state index in [1.54, 1.807) is 0 Å². The van der Waals surface area contributed by atoms with Crippen LogP contribution in [0.15, 0.2) is 35.5 Å². The molecule has 7 nitrogen and oxygen atoms in total. The Bertz CT molecular complexity index is 938. The molecule has 148 valence electrons. The van der Waals surface area contributed by atoms with E-state index in [9.17, 15) is 38.5 Å². The second-order valence-corrected chi connectivity index (χ2v) is 6.00. The van der Waals surface area contributed by atoms with Gasteiger partial charge in [0.05, 0.1) is 4.99 Å². The van der Waals surface area contributed by atoms with Crippen molar-refractivity contribution in [3.8, 4) is 23.0 Å². The molecule has 0 aliphatic heterocycles. The van der Waals surface area contributed by atoms with Crippen LogP contribution in [0.3, 0.4) is 0 Å². The van der Waals surface area contributed by atoms with Crippen molar-refractivity contribution in [1.29, 1.82) is 0 Å². The average Bonchev–Trinajstić information content (AvgIpc) is 2.62. The van der Waals surface area contributed by atoms with Crippen LogP contribution in [0.5, 0.6) is 23.0 Å². The molecule has 0 saturated carbocycles. The van der Waals surface area contributed by atoms with E-state index in [-0.39, 0.29) is 17.1 Å². The lowest BCUT2D eigenvalue weighted by Gasteiger charge is -2.11. The molecule has 0 saturated heterocycles. The first kappa shape index (κ1) is 21.0. The molecule has 0 aliphatic carbocycles. The molecule has 0 atom stereocenters. The van der Waals surface area contributed by atoms with E-state index in [0.29, 0.717) is 11.6 Å². The second kappa shape index (κ2) is 8.13. The van der Waals surface area contributed by atoms with Gasteiger partial charge in [0.25, 0.3) is 0 Å². The molecule has 0 spiro atoms. The summed E-state index contributed by atoms with van der Waals surface area (Å²) >= 11 is 5.01. The summed E-state index contributed by atoms with van der Waals surface area (Å²) in [7, 11) is 0. The highest BCUT2D eigenvalue weighted by Gasteiger charge is 2.35. The van der Waals surface area contributed by atoms with Crippen LogP contribution in [0.4, 0.5) is 18.9 Å². The van der Waals surface area contributed by atoms with E-state index >= 15 is 0 Å². The first-order valence-electron chi connectivity index (χ1n) is 7.50. The Morgan fingerprint density at radius 1 is 1.07 bits per heavy atom. The molecule has 2 aromatic rings. The molecule has 11 heteroatoms.